The van der Waals surface area contributed by atoms with Crippen LogP contribution in [0.3, 0.4) is 0 Å². The third-order valence-electron chi connectivity index (χ3n) is 10.5. The number of ketones is 1. The van der Waals surface area contributed by atoms with E-state index >= 15 is 0 Å². The van der Waals surface area contributed by atoms with Crippen LogP contribution < -0.4 is 11.1 Å². The first-order valence-corrected chi connectivity index (χ1v) is 22.2. The third-order valence-corrected chi connectivity index (χ3v) is 10.5. The maximum absolute atomic E-state index is 13.9. The van der Waals surface area contributed by atoms with Crippen LogP contribution in [0.1, 0.15) is 202 Å². The van der Waals surface area contributed by atoms with E-state index in [4.69, 9.17) is 15.2 Å². The number of hydrogen-bond donors (Lipinski definition) is 5. The van der Waals surface area contributed by atoms with E-state index in [1.807, 2.05) is 0 Å². The standard InChI is InChI=1S/C44H83N3O8/c1-7-9-11-13-15-17-19-20-21-22-23-24-26-28-30-32-38(49)47(33-31-29-27-25-18-16-14-12-10-8-2)44(45)41(52)40(51)39(50)37(54-44)34-36(48)35(3)46-42(53)55-43(4,5)6/h20-21,35,37,39-41,50-52H,7-19,22-34,45H2,1-6H3,(H,46,53)/b21-20-/t35-,37+,39+,40-,41+,44-/m0/s1. The smallest absolute Gasteiger partial charge is 0.408 e. The molecule has 1 aliphatic heterocycles. The molecular weight excluding hydrogens is 698 g/mol. The predicted molar refractivity (Wildman–Crippen MR) is 221 cm³/mol. The molecule has 1 saturated heterocycles. The summed E-state index contributed by atoms with van der Waals surface area (Å²) in [5.41, 5.74) is 5.96. The first-order chi connectivity index (χ1) is 26.2. The number of unbranched alkanes of at least 4 members (excludes halogenated alkanes) is 20. The monoisotopic (exact) mass is 782 g/mol. The summed E-state index contributed by atoms with van der Waals surface area (Å²) in [7, 11) is 0. The number of rotatable bonds is 31. The summed E-state index contributed by atoms with van der Waals surface area (Å²) >= 11 is 0. The van der Waals surface area contributed by atoms with Crippen molar-refractivity contribution < 1.29 is 39.2 Å². The van der Waals surface area contributed by atoms with Crippen molar-refractivity contribution in [3.8, 4) is 0 Å². The lowest BCUT2D eigenvalue weighted by Gasteiger charge is -2.51. The minimum atomic E-state index is -2.16. The highest BCUT2D eigenvalue weighted by molar-refractivity contribution is 5.87. The lowest BCUT2D eigenvalue weighted by molar-refractivity contribution is -0.309. The molecule has 1 heterocycles. The Morgan fingerprint density at radius 2 is 1.20 bits per heavy atom. The molecule has 11 nitrogen and oxygen atoms in total. The summed E-state index contributed by atoms with van der Waals surface area (Å²) < 4.78 is 11.3. The molecule has 1 aliphatic rings. The van der Waals surface area contributed by atoms with Gasteiger partial charge in [0.05, 0.1) is 12.1 Å². The molecule has 0 aromatic rings. The fourth-order valence-electron chi connectivity index (χ4n) is 7.09. The van der Waals surface area contributed by atoms with Crippen molar-refractivity contribution in [2.24, 2.45) is 5.73 Å². The highest BCUT2D eigenvalue weighted by atomic mass is 16.6. The van der Waals surface area contributed by atoms with Gasteiger partial charge >= 0.3 is 6.09 Å². The van der Waals surface area contributed by atoms with Gasteiger partial charge in [-0.25, -0.2) is 4.79 Å². The van der Waals surface area contributed by atoms with Gasteiger partial charge in [0.2, 0.25) is 11.8 Å². The van der Waals surface area contributed by atoms with Crippen molar-refractivity contribution in [1.29, 1.82) is 0 Å². The number of hydrogen-bond acceptors (Lipinski definition) is 9. The van der Waals surface area contributed by atoms with Gasteiger partial charge < -0.3 is 30.1 Å². The van der Waals surface area contributed by atoms with Crippen molar-refractivity contribution in [3.05, 3.63) is 12.2 Å². The second-order valence-corrected chi connectivity index (χ2v) is 16.9. The Bertz CT molecular complexity index is 1070. The second-order valence-electron chi connectivity index (χ2n) is 16.9. The Labute approximate surface area is 334 Å². The largest absolute Gasteiger partial charge is 0.444 e. The summed E-state index contributed by atoms with van der Waals surface area (Å²) in [5.74, 6) is -2.96. The fourth-order valence-corrected chi connectivity index (χ4v) is 7.09. The number of nitrogens with one attached hydrogen (secondary N) is 1. The number of Topliss-reactive ketones (excluding diaryl/α,β-unsaturated/α-hetero) is 1. The van der Waals surface area contributed by atoms with E-state index in [9.17, 15) is 29.7 Å². The number of nitrogens with two attached hydrogens (primary N) is 1. The highest BCUT2D eigenvalue weighted by Gasteiger charge is 2.56. The number of aliphatic hydroxyl groups excluding tert-OH is 3. The number of alkyl carbamates (subject to hydrolysis) is 1. The normalized spacial score (nSPS) is 22.1. The van der Waals surface area contributed by atoms with Gasteiger partial charge in [-0.1, -0.05) is 135 Å². The van der Waals surface area contributed by atoms with Crippen LogP contribution in [0.4, 0.5) is 4.79 Å². The molecule has 0 aromatic heterocycles. The Hall–Kier alpha value is -2.05. The van der Waals surface area contributed by atoms with Crippen LogP contribution in [-0.4, -0.2) is 86.5 Å². The molecule has 0 bridgehead atoms. The van der Waals surface area contributed by atoms with Crippen molar-refractivity contribution >= 4 is 17.8 Å². The van der Waals surface area contributed by atoms with E-state index in [2.05, 4.69) is 31.3 Å². The molecule has 0 aromatic carbocycles. The maximum Gasteiger partial charge on any atom is 0.408 e. The fraction of sp³-hybridized carbons (Fsp3) is 0.886. The Morgan fingerprint density at radius 1 is 0.745 bits per heavy atom. The molecule has 322 valence electrons. The van der Waals surface area contributed by atoms with Crippen LogP contribution in [0.25, 0.3) is 0 Å². The van der Waals surface area contributed by atoms with E-state index in [-0.39, 0.29) is 18.9 Å². The van der Waals surface area contributed by atoms with Gasteiger partial charge in [-0.3, -0.25) is 20.2 Å². The van der Waals surface area contributed by atoms with Crippen molar-refractivity contribution in [1.82, 2.24) is 10.2 Å². The van der Waals surface area contributed by atoms with Gasteiger partial charge in [-0.05, 0) is 66.2 Å². The van der Waals surface area contributed by atoms with E-state index in [1.165, 1.54) is 88.9 Å². The zero-order chi connectivity index (χ0) is 41.1. The lowest BCUT2D eigenvalue weighted by atomic mass is 9.90. The lowest BCUT2D eigenvalue weighted by Crippen LogP contribution is -2.76. The summed E-state index contributed by atoms with van der Waals surface area (Å²) in [6.45, 7) is 11.3. The van der Waals surface area contributed by atoms with Gasteiger partial charge in [0.25, 0.3) is 0 Å². The van der Waals surface area contributed by atoms with Gasteiger partial charge in [0.1, 0.15) is 23.9 Å². The molecule has 0 radical (unpaired) electrons. The van der Waals surface area contributed by atoms with Crippen molar-refractivity contribution in [2.45, 2.75) is 244 Å². The molecule has 0 unspecified atom stereocenters. The highest BCUT2D eigenvalue weighted by Crippen LogP contribution is 2.32. The van der Waals surface area contributed by atoms with Gasteiger partial charge in [0, 0.05) is 19.4 Å². The van der Waals surface area contributed by atoms with E-state index < -0.39 is 60.2 Å². The number of allylic oxidation sites excluding steroid dienone is 2. The minimum absolute atomic E-state index is 0.198. The maximum atomic E-state index is 13.9. The van der Waals surface area contributed by atoms with Crippen LogP contribution in [0.2, 0.25) is 0 Å². The summed E-state index contributed by atoms with van der Waals surface area (Å²) in [6, 6.07) is -0.993. The number of carbonyl (C=O) groups excluding carboxylic acids is 3. The third kappa shape index (κ3) is 21.9. The molecule has 0 spiro atoms. The predicted octanol–water partition coefficient (Wildman–Crippen LogP) is 8.74. The first kappa shape index (κ1) is 51.0. The molecule has 55 heavy (non-hydrogen) atoms. The molecule has 1 rings (SSSR count). The Balaban J connectivity index is 2.81. The molecule has 1 fully saturated rings. The summed E-state index contributed by atoms with van der Waals surface area (Å²) in [4.78, 5) is 40.6. The molecule has 6 N–H and O–H groups in total. The zero-order valence-electron chi connectivity index (χ0n) is 35.8. The van der Waals surface area contributed by atoms with Crippen LogP contribution in [0, 0.1) is 0 Å². The Morgan fingerprint density at radius 3 is 1.69 bits per heavy atom. The first-order valence-electron chi connectivity index (χ1n) is 22.2. The SMILES string of the molecule is CCCCCCCC/C=C\CCCCCCCC(=O)N(CCCCCCCCCCCC)[C@]1(N)O[C@H](CC(=O)[C@H](C)NC(=O)OC(C)(C)C)[C@@H](O)[C@H](O)[C@H]1O. The number of carbonyl (C=O) groups is 3. The number of ether oxygens (including phenoxy) is 2. The second kappa shape index (κ2) is 29.2. The van der Waals surface area contributed by atoms with Crippen LogP contribution in [-0.2, 0) is 19.1 Å². The summed E-state index contributed by atoms with van der Waals surface area (Å²) in [6.07, 6.45) is 22.9. The van der Waals surface area contributed by atoms with Crippen molar-refractivity contribution in [3.63, 3.8) is 0 Å². The van der Waals surface area contributed by atoms with Gasteiger partial charge in [-0.2, -0.15) is 0 Å². The zero-order valence-corrected chi connectivity index (χ0v) is 35.8. The molecule has 2 amide bonds. The molecule has 0 aliphatic carbocycles. The minimum Gasteiger partial charge on any atom is -0.444 e. The van der Waals surface area contributed by atoms with E-state index in [0.29, 0.717) is 12.8 Å². The molecule has 11 heteroatoms. The number of amides is 2. The Kier molecular flexibility index (Phi) is 27.1. The summed E-state index contributed by atoms with van der Waals surface area (Å²) in [5, 5.41) is 35.6. The van der Waals surface area contributed by atoms with Gasteiger partial charge in [0.15, 0.2) is 5.78 Å². The van der Waals surface area contributed by atoms with Crippen LogP contribution >= 0.6 is 0 Å². The average Bonchev–Trinajstić information content (AvgIpc) is 3.12. The molecule has 0 saturated carbocycles. The topological polar surface area (TPSA) is 172 Å². The van der Waals surface area contributed by atoms with Crippen molar-refractivity contribution in [2.75, 3.05) is 6.54 Å². The number of nitrogens with zero attached hydrogens (tertiary/aromatic N) is 1. The van der Waals surface area contributed by atoms with Crippen LogP contribution in [0.5, 0.6) is 0 Å². The molecular formula is C44H83N3O8. The number of aliphatic hydroxyl groups is 3. The average molecular weight is 782 g/mol. The molecule has 6 atom stereocenters. The van der Waals surface area contributed by atoms with E-state index in [1.54, 1.807) is 20.8 Å². The van der Waals surface area contributed by atoms with Gasteiger partial charge in [-0.15, -0.1) is 0 Å². The van der Waals surface area contributed by atoms with Crippen LogP contribution in [0.15, 0.2) is 12.2 Å². The van der Waals surface area contributed by atoms with E-state index in [0.717, 1.165) is 57.8 Å². The quantitative estimate of drug-likeness (QED) is 0.0262.